The lowest BCUT2D eigenvalue weighted by atomic mass is 10.1. The Hall–Kier alpha value is -1.71. The molecular formula is C11H10F2O2. The molecule has 0 aliphatic carbocycles. The summed E-state index contributed by atoms with van der Waals surface area (Å²) in [6.45, 7) is 0. The van der Waals surface area contributed by atoms with Crippen LogP contribution in [0.1, 0.15) is 12.0 Å². The number of hydrogen-bond donors (Lipinski definition) is 1. The summed E-state index contributed by atoms with van der Waals surface area (Å²) in [6, 6.07) is 5.67. The van der Waals surface area contributed by atoms with E-state index in [4.69, 9.17) is 5.11 Å². The summed E-state index contributed by atoms with van der Waals surface area (Å²) >= 11 is 0. The Labute approximate surface area is 85.9 Å². The SMILES string of the molecule is O=C(O)/C(=C\F)CCc1ccc(F)cc1. The van der Waals surface area contributed by atoms with Gasteiger partial charge >= 0.3 is 5.97 Å². The fraction of sp³-hybridized carbons (Fsp3) is 0.182. The Kier molecular flexibility index (Phi) is 3.97. The van der Waals surface area contributed by atoms with E-state index in [1.54, 1.807) is 12.1 Å². The van der Waals surface area contributed by atoms with E-state index in [9.17, 15) is 13.6 Å². The first-order chi connectivity index (χ1) is 7.13. The smallest absolute Gasteiger partial charge is 0.333 e. The standard InChI is InChI=1S/C11H10F2O2/c12-7-9(11(14)15)4-1-8-2-5-10(13)6-3-8/h2-3,5-7H,1,4H2,(H,14,15)/b9-7-. The van der Waals surface area contributed by atoms with E-state index in [-0.39, 0.29) is 24.1 Å². The monoisotopic (exact) mass is 212 g/mol. The molecule has 0 amide bonds. The van der Waals surface area contributed by atoms with E-state index in [0.717, 1.165) is 5.56 Å². The highest BCUT2D eigenvalue weighted by Gasteiger charge is 2.07. The van der Waals surface area contributed by atoms with Gasteiger partial charge in [-0.05, 0) is 30.5 Å². The summed E-state index contributed by atoms with van der Waals surface area (Å²) in [4.78, 5) is 10.4. The second-order valence-corrected chi connectivity index (χ2v) is 3.07. The van der Waals surface area contributed by atoms with Crippen molar-refractivity contribution < 1.29 is 18.7 Å². The maximum Gasteiger partial charge on any atom is 0.333 e. The number of carbonyl (C=O) groups is 1. The van der Waals surface area contributed by atoms with Crippen LogP contribution in [0, 0.1) is 5.82 Å². The number of hydrogen-bond acceptors (Lipinski definition) is 1. The van der Waals surface area contributed by atoms with Gasteiger partial charge in [-0.3, -0.25) is 0 Å². The number of aliphatic carboxylic acids is 1. The second-order valence-electron chi connectivity index (χ2n) is 3.07. The third kappa shape index (κ3) is 3.50. The van der Waals surface area contributed by atoms with E-state index in [1.807, 2.05) is 0 Å². The van der Waals surface area contributed by atoms with Crippen LogP contribution >= 0.6 is 0 Å². The molecule has 1 N–H and O–H groups in total. The summed E-state index contributed by atoms with van der Waals surface area (Å²) in [5.74, 6) is -1.61. The largest absolute Gasteiger partial charge is 0.478 e. The lowest BCUT2D eigenvalue weighted by Crippen LogP contribution is -2.01. The van der Waals surface area contributed by atoms with Gasteiger partial charge in [-0.2, -0.15) is 0 Å². The molecular weight excluding hydrogens is 202 g/mol. The highest BCUT2D eigenvalue weighted by Crippen LogP contribution is 2.10. The zero-order valence-corrected chi connectivity index (χ0v) is 7.91. The Balaban J connectivity index is 2.57. The van der Waals surface area contributed by atoms with E-state index >= 15 is 0 Å². The molecule has 0 aromatic heterocycles. The summed E-state index contributed by atoms with van der Waals surface area (Å²) in [6.07, 6.45) is 0.561. The summed E-state index contributed by atoms with van der Waals surface area (Å²) in [5.41, 5.74) is 0.497. The number of aryl methyl sites for hydroxylation is 1. The van der Waals surface area contributed by atoms with Gasteiger partial charge in [0.15, 0.2) is 0 Å². The molecule has 0 radical (unpaired) electrons. The van der Waals surface area contributed by atoms with Crippen LogP contribution in [-0.4, -0.2) is 11.1 Å². The van der Waals surface area contributed by atoms with Gasteiger partial charge in [-0.1, -0.05) is 12.1 Å². The molecule has 0 saturated carbocycles. The van der Waals surface area contributed by atoms with Gasteiger partial charge in [0.1, 0.15) is 5.82 Å². The van der Waals surface area contributed by atoms with Crippen molar-refractivity contribution in [3.05, 3.63) is 47.5 Å². The van der Waals surface area contributed by atoms with Gasteiger partial charge in [-0.15, -0.1) is 0 Å². The first-order valence-electron chi connectivity index (χ1n) is 4.40. The zero-order chi connectivity index (χ0) is 11.3. The van der Waals surface area contributed by atoms with Gasteiger partial charge in [0.25, 0.3) is 0 Å². The Morgan fingerprint density at radius 3 is 2.40 bits per heavy atom. The molecule has 0 aliphatic rings. The summed E-state index contributed by atoms with van der Waals surface area (Å²) in [7, 11) is 0. The predicted molar refractivity (Wildman–Crippen MR) is 51.5 cm³/mol. The van der Waals surface area contributed by atoms with Crippen LogP contribution < -0.4 is 0 Å². The molecule has 0 atom stereocenters. The van der Waals surface area contributed by atoms with Crippen molar-refractivity contribution in [1.29, 1.82) is 0 Å². The minimum absolute atomic E-state index is 0.0891. The number of rotatable bonds is 4. The maximum absolute atomic E-state index is 12.5. The van der Waals surface area contributed by atoms with Crippen LogP contribution in [0.4, 0.5) is 8.78 Å². The molecule has 1 aromatic carbocycles. The van der Waals surface area contributed by atoms with Gasteiger partial charge in [-0.25, -0.2) is 13.6 Å². The van der Waals surface area contributed by atoms with Crippen molar-refractivity contribution >= 4 is 5.97 Å². The number of halogens is 2. The van der Waals surface area contributed by atoms with E-state index in [1.165, 1.54) is 12.1 Å². The second kappa shape index (κ2) is 5.24. The first-order valence-corrected chi connectivity index (χ1v) is 4.40. The van der Waals surface area contributed by atoms with Gasteiger partial charge in [0.2, 0.25) is 0 Å². The highest BCUT2D eigenvalue weighted by atomic mass is 19.1. The van der Waals surface area contributed by atoms with Crippen molar-refractivity contribution in [2.75, 3.05) is 0 Å². The quantitative estimate of drug-likeness (QED) is 0.779. The molecule has 0 saturated heterocycles. The van der Waals surface area contributed by atoms with Crippen LogP contribution in [0.3, 0.4) is 0 Å². The zero-order valence-electron chi connectivity index (χ0n) is 7.91. The van der Waals surface area contributed by atoms with E-state index in [2.05, 4.69) is 0 Å². The molecule has 1 rings (SSSR count). The molecule has 0 aliphatic heterocycles. The van der Waals surface area contributed by atoms with Crippen LogP contribution in [-0.2, 0) is 11.2 Å². The first kappa shape index (κ1) is 11.4. The average molecular weight is 212 g/mol. The van der Waals surface area contributed by atoms with Gasteiger partial charge in [0.05, 0.1) is 11.9 Å². The average Bonchev–Trinajstić information content (AvgIpc) is 2.21. The Morgan fingerprint density at radius 2 is 1.93 bits per heavy atom. The molecule has 0 unspecified atom stereocenters. The van der Waals surface area contributed by atoms with Crippen molar-refractivity contribution in [3.8, 4) is 0 Å². The van der Waals surface area contributed by atoms with Crippen LogP contribution in [0.25, 0.3) is 0 Å². The molecule has 0 heterocycles. The molecule has 0 spiro atoms. The van der Waals surface area contributed by atoms with Crippen LogP contribution in [0.5, 0.6) is 0 Å². The van der Waals surface area contributed by atoms with Crippen LogP contribution in [0.2, 0.25) is 0 Å². The van der Waals surface area contributed by atoms with Gasteiger partial charge in [0, 0.05) is 0 Å². The molecule has 15 heavy (non-hydrogen) atoms. The van der Waals surface area contributed by atoms with E-state index < -0.39 is 5.97 Å². The topological polar surface area (TPSA) is 37.3 Å². The number of benzene rings is 1. The van der Waals surface area contributed by atoms with Gasteiger partial charge < -0.3 is 5.11 Å². The van der Waals surface area contributed by atoms with Crippen molar-refractivity contribution in [2.45, 2.75) is 12.8 Å². The lowest BCUT2D eigenvalue weighted by Gasteiger charge is -2.01. The third-order valence-electron chi connectivity index (χ3n) is 2.00. The molecule has 4 heteroatoms. The fourth-order valence-corrected chi connectivity index (χ4v) is 1.14. The van der Waals surface area contributed by atoms with Crippen molar-refractivity contribution in [3.63, 3.8) is 0 Å². The number of carboxylic acid groups (broad SMARTS) is 1. The molecule has 1 aromatic rings. The maximum atomic E-state index is 12.5. The fourth-order valence-electron chi connectivity index (χ4n) is 1.14. The molecule has 0 bridgehead atoms. The predicted octanol–water partition coefficient (Wildman–Crippen LogP) is 2.70. The normalized spacial score (nSPS) is 11.5. The Morgan fingerprint density at radius 1 is 1.33 bits per heavy atom. The Bertz CT molecular complexity index is 369. The molecule has 0 fully saturated rings. The van der Waals surface area contributed by atoms with Crippen LogP contribution in [0.15, 0.2) is 36.2 Å². The summed E-state index contributed by atoms with van der Waals surface area (Å²) in [5, 5.41) is 8.53. The van der Waals surface area contributed by atoms with Crippen molar-refractivity contribution in [1.82, 2.24) is 0 Å². The number of carboxylic acids is 1. The highest BCUT2D eigenvalue weighted by molar-refractivity contribution is 5.86. The molecule has 2 nitrogen and oxygen atoms in total. The van der Waals surface area contributed by atoms with Crippen molar-refractivity contribution in [2.24, 2.45) is 0 Å². The minimum Gasteiger partial charge on any atom is -0.478 e. The summed E-state index contributed by atoms with van der Waals surface area (Å²) < 4.78 is 24.6. The van der Waals surface area contributed by atoms with E-state index in [0.29, 0.717) is 6.42 Å². The minimum atomic E-state index is -1.26. The molecule has 80 valence electrons. The lowest BCUT2D eigenvalue weighted by molar-refractivity contribution is -0.132. The third-order valence-corrected chi connectivity index (χ3v) is 2.00.